The van der Waals surface area contributed by atoms with Gasteiger partial charge in [0.15, 0.2) is 0 Å². The third-order valence-corrected chi connectivity index (χ3v) is 6.11. The van der Waals surface area contributed by atoms with Gasteiger partial charge in [-0.15, -0.1) is 0 Å². The minimum Gasteiger partial charge on any atom is -0.379 e. The van der Waals surface area contributed by atoms with Gasteiger partial charge in [-0.05, 0) is 25.2 Å². The molecule has 1 spiro atoms. The Balaban J connectivity index is 1.46. The van der Waals surface area contributed by atoms with Crippen LogP contribution < -0.4 is 10.6 Å². The Bertz CT molecular complexity index is 583. The van der Waals surface area contributed by atoms with Crippen molar-refractivity contribution >= 4 is 17.8 Å². The molecule has 1 aliphatic carbocycles. The van der Waals surface area contributed by atoms with E-state index in [1.807, 2.05) is 0 Å². The molecule has 2 aliphatic heterocycles. The Kier molecular flexibility index (Phi) is 6.93. The molecular formula is C20H34N4O4. The zero-order valence-electron chi connectivity index (χ0n) is 17.2. The third-order valence-electron chi connectivity index (χ3n) is 6.11. The van der Waals surface area contributed by atoms with Crippen LogP contribution in [0.15, 0.2) is 0 Å². The van der Waals surface area contributed by atoms with Gasteiger partial charge in [-0.3, -0.25) is 19.4 Å². The summed E-state index contributed by atoms with van der Waals surface area (Å²) >= 11 is 0. The number of morpholine rings is 1. The second-order valence-corrected chi connectivity index (χ2v) is 8.66. The van der Waals surface area contributed by atoms with Crippen molar-refractivity contribution in [2.24, 2.45) is 5.92 Å². The van der Waals surface area contributed by atoms with Crippen molar-refractivity contribution < 1.29 is 19.1 Å². The molecule has 2 N–H and O–H groups in total. The van der Waals surface area contributed by atoms with Crippen LogP contribution >= 0.6 is 0 Å². The largest absolute Gasteiger partial charge is 0.379 e. The molecule has 0 aromatic carbocycles. The Morgan fingerprint density at radius 1 is 1.21 bits per heavy atom. The van der Waals surface area contributed by atoms with Crippen molar-refractivity contribution in [1.82, 2.24) is 20.4 Å². The molecule has 28 heavy (non-hydrogen) atoms. The summed E-state index contributed by atoms with van der Waals surface area (Å²) in [5, 5.41) is 5.86. The average Bonchev–Trinajstić information content (AvgIpc) is 3.23. The van der Waals surface area contributed by atoms with Crippen molar-refractivity contribution in [3.05, 3.63) is 0 Å². The van der Waals surface area contributed by atoms with Crippen LogP contribution in [0.25, 0.3) is 0 Å². The molecule has 3 aliphatic rings. The van der Waals surface area contributed by atoms with Crippen LogP contribution in [0, 0.1) is 5.92 Å². The third kappa shape index (κ3) is 4.84. The molecule has 8 nitrogen and oxygen atoms in total. The number of rotatable bonds is 8. The highest BCUT2D eigenvalue weighted by Crippen LogP contribution is 2.35. The summed E-state index contributed by atoms with van der Waals surface area (Å²) < 4.78 is 5.43. The zero-order valence-corrected chi connectivity index (χ0v) is 17.2. The highest BCUT2D eigenvalue weighted by Gasteiger charge is 2.52. The maximum Gasteiger partial charge on any atom is 0.325 e. The fourth-order valence-corrected chi connectivity index (χ4v) is 4.58. The van der Waals surface area contributed by atoms with Gasteiger partial charge in [-0.1, -0.05) is 26.7 Å². The first-order chi connectivity index (χ1) is 13.4. The zero-order chi connectivity index (χ0) is 20.1. The van der Waals surface area contributed by atoms with Crippen LogP contribution in [-0.4, -0.2) is 78.6 Å². The molecule has 2 heterocycles. The lowest BCUT2D eigenvalue weighted by molar-refractivity contribution is -0.131. The van der Waals surface area contributed by atoms with E-state index < -0.39 is 5.54 Å². The average molecular weight is 395 g/mol. The maximum atomic E-state index is 12.6. The van der Waals surface area contributed by atoms with E-state index in [4.69, 9.17) is 4.74 Å². The Morgan fingerprint density at radius 3 is 2.54 bits per heavy atom. The van der Waals surface area contributed by atoms with E-state index in [0.29, 0.717) is 25.3 Å². The van der Waals surface area contributed by atoms with Crippen molar-refractivity contribution in [3.63, 3.8) is 0 Å². The molecule has 0 aromatic rings. The van der Waals surface area contributed by atoms with Crippen molar-refractivity contribution in [2.75, 3.05) is 39.4 Å². The SMILES string of the molecule is CC(C)CC(CNC(=O)CCN1C(=O)NC2(CCCC2)C1=O)N1CCOCC1. The molecule has 1 unspecified atom stereocenters. The topological polar surface area (TPSA) is 91.0 Å². The fourth-order valence-electron chi connectivity index (χ4n) is 4.58. The molecule has 3 fully saturated rings. The summed E-state index contributed by atoms with van der Waals surface area (Å²) in [5.74, 6) is 0.266. The van der Waals surface area contributed by atoms with E-state index in [2.05, 4.69) is 29.4 Å². The van der Waals surface area contributed by atoms with E-state index in [1.165, 1.54) is 4.90 Å². The molecule has 4 amide bonds. The lowest BCUT2D eigenvalue weighted by Gasteiger charge is -2.35. The predicted molar refractivity (Wildman–Crippen MR) is 105 cm³/mol. The summed E-state index contributed by atoms with van der Waals surface area (Å²) in [4.78, 5) is 40.8. The van der Waals surface area contributed by atoms with Crippen LogP contribution in [0.1, 0.15) is 52.4 Å². The number of urea groups is 1. The highest BCUT2D eigenvalue weighted by atomic mass is 16.5. The van der Waals surface area contributed by atoms with Crippen LogP contribution in [0.2, 0.25) is 0 Å². The molecule has 3 rings (SSSR count). The van der Waals surface area contributed by atoms with E-state index >= 15 is 0 Å². The summed E-state index contributed by atoms with van der Waals surface area (Å²) in [7, 11) is 0. The van der Waals surface area contributed by atoms with Crippen LogP contribution in [-0.2, 0) is 14.3 Å². The minimum atomic E-state index is -0.702. The smallest absolute Gasteiger partial charge is 0.325 e. The number of amides is 4. The standard InChI is InChI=1S/C20H34N4O4/c1-15(2)13-16(23-9-11-28-12-10-23)14-21-17(25)5-8-24-18(26)20(22-19(24)27)6-3-4-7-20/h15-16H,3-14H2,1-2H3,(H,21,25)(H,22,27). The monoisotopic (exact) mass is 394 g/mol. The quantitative estimate of drug-likeness (QED) is 0.602. The first-order valence-electron chi connectivity index (χ1n) is 10.6. The maximum absolute atomic E-state index is 12.6. The number of nitrogens with one attached hydrogen (secondary N) is 2. The lowest BCUT2D eigenvalue weighted by Crippen LogP contribution is -2.49. The minimum absolute atomic E-state index is 0.116. The van der Waals surface area contributed by atoms with Crippen LogP contribution in [0.5, 0.6) is 0 Å². The van der Waals surface area contributed by atoms with Gasteiger partial charge < -0.3 is 15.4 Å². The second-order valence-electron chi connectivity index (χ2n) is 8.66. The number of carbonyl (C=O) groups is 3. The van der Waals surface area contributed by atoms with Gasteiger partial charge in [0.1, 0.15) is 5.54 Å². The van der Waals surface area contributed by atoms with Gasteiger partial charge in [-0.25, -0.2) is 4.79 Å². The summed E-state index contributed by atoms with van der Waals surface area (Å²) in [5.41, 5.74) is -0.702. The van der Waals surface area contributed by atoms with Crippen molar-refractivity contribution in [2.45, 2.75) is 64.0 Å². The van der Waals surface area contributed by atoms with E-state index in [-0.39, 0.29) is 36.9 Å². The van der Waals surface area contributed by atoms with E-state index in [0.717, 1.165) is 45.6 Å². The predicted octanol–water partition coefficient (Wildman–Crippen LogP) is 1.10. The van der Waals surface area contributed by atoms with Crippen molar-refractivity contribution in [1.29, 1.82) is 0 Å². The first-order valence-corrected chi connectivity index (χ1v) is 10.6. The molecule has 158 valence electrons. The van der Waals surface area contributed by atoms with E-state index in [1.54, 1.807) is 0 Å². The molecule has 1 saturated carbocycles. The van der Waals surface area contributed by atoms with Gasteiger partial charge in [-0.2, -0.15) is 0 Å². The van der Waals surface area contributed by atoms with Crippen molar-refractivity contribution in [3.8, 4) is 0 Å². The molecule has 0 aromatic heterocycles. The lowest BCUT2D eigenvalue weighted by atomic mass is 9.98. The van der Waals surface area contributed by atoms with Gasteiger partial charge in [0, 0.05) is 38.6 Å². The normalized spacial score (nSPS) is 23.5. The van der Waals surface area contributed by atoms with Gasteiger partial charge >= 0.3 is 6.03 Å². The summed E-state index contributed by atoms with van der Waals surface area (Å²) in [6.45, 7) is 8.34. The number of nitrogens with zero attached hydrogens (tertiary/aromatic N) is 2. The molecule has 8 heteroatoms. The van der Waals surface area contributed by atoms with E-state index in [9.17, 15) is 14.4 Å². The number of hydrogen-bond donors (Lipinski definition) is 2. The van der Waals surface area contributed by atoms with Gasteiger partial charge in [0.05, 0.1) is 13.2 Å². The Morgan fingerprint density at radius 2 is 1.89 bits per heavy atom. The first kappa shape index (κ1) is 21.0. The number of ether oxygens (including phenoxy) is 1. The summed E-state index contributed by atoms with van der Waals surface area (Å²) in [6.07, 6.45) is 4.48. The second kappa shape index (κ2) is 9.22. The highest BCUT2D eigenvalue weighted by molar-refractivity contribution is 6.07. The van der Waals surface area contributed by atoms with Crippen LogP contribution in [0.4, 0.5) is 4.79 Å². The number of hydrogen-bond acceptors (Lipinski definition) is 5. The van der Waals surface area contributed by atoms with Gasteiger partial charge in [0.25, 0.3) is 5.91 Å². The number of carbonyl (C=O) groups excluding carboxylic acids is 3. The molecular weight excluding hydrogens is 360 g/mol. The molecule has 0 radical (unpaired) electrons. The van der Waals surface area contributed by atoms with Crippen LogP contribution in [0.3, 0.4) is 0 Å². The number of imide groups is 1. The fraction of sp³-hybridized carbons (Fsp3) is 0.850. The molecule has 2 saturated heterocycles. The summed E-state index contributed by atoms with van der Waals surface area (Å²) in [6, 6.07) is -0.0722. The Hall–Kier alpha value is -1.67. The van der Waals surface area contributed by atoms with Gasteiger partial charge in [0.2, 0.25) is 5.91 Å². The molecule has 1 atom stereocenters. The Labute approximate surface area is 167 Å². The molecule has 0 bridgehead atoms.